The standard InChI is InChI=1S/C8H11F3N4/c1-15-5-13-14-6(15)7(8(9,10)11)2-3-12-4-7/h5,12H,2-4H2,1H3. The van der Waals surface area contributed by atoms with Gasteiger partial charge in [0, 0.05) is 13.6 Å². The first-order chi connectivity index (χ1) is 6.97. The quantitative estimate of drug-likeness (QED) is 0.754. The summed E-state index contributed by atoms with van der Waals surface area (Å²) in [5, 5.41) is 9.83. The summed E-state index contributed by atoms with van der Waals surface area (Å²) in [6, 6.07) is 0. The predicted octanol–water partition coefficient (Wildman–Crippen LogP) is 0.608. The van der Waals surface area contributed by atoms with E-state index >= 15 is 0 Å². The van der Waals surface area contributed by atoms with E-state index in [1.54, 1.807) is 0 Å². The van der Waals surface area contributed by atoms with Crippen LogP contribution in [0.2, 0.25) is 0 Å². The second-order valence-electron chi connectivity index (χ2n) is 3.77. The molecule has 4 nitrogen and oxygen atoms in total. The topological polar surface area (TPSA) is 42.7 Å². The molecule has 1 aromatic rings. The van der Waals surface area contributed by atoms with Crippen LogP contribution in [-0.2, 0) is 12.5 Å². The molecule has 0 radical (unpaired) electrons. The van der Waals surface area contributed by atoms with Crippen LogP contribution >= 0.6 is 0 Å². The van der Waals surface area contributed by atoms with Crippen molar-refractivity contribution in [1.82, 2.24) is 20.1 Å². The lowest BCUT2D eigenvalue weighted by atomic mass is 9.85. The fraction of sp³-hybridized carbons (Fsp3) is 0.750. The fourth-order valence-electron chi connectivity index (χ4n) is 1.97. The highest BCUT2D eigenvalue weighted by Gasteiger charge is 2.59. The molecule has 0 aliphatic carbocycles. The lowest BCUT2D eigenvalue weighted by Gasteiger charge is -2.29. The van der Waals surface area contributed by atoms with Crippen LogP contribution in [0, 0.1) is 0 Å². The lowest BCUT2D eigenvalue weighted by Crippen LogP contribution is -2.46. The van der Waals surface area contributed by atoms with Crippen molar-refractivity contribution in [3.8, 4) is 0 Å². The second-order valence-corrected chi connectivity index (χ2v) is 3.77. The Morgan fingerprint density at radius 1 is 1.53 bits per heavy atom. The molecule has 15 heavy (non-hydrogen) atoms. The molecule has 0 aromatic carbocycles. The molecule has 1 atom stereocenters. The van der Waals surface area contributed by atoms with E-state index in [1.807, 2.05) is 0 Å². The van der Waals surface area contributed by atoms with Crippen LogP contribution in [0.5, 0.6) is 0 Å². The van der Waals surface area contributed by atoms with Crippen molar-refractivity contribution in [3.63, 3.8) is 0 Å². The summed E-state index contributed by atoms with van der Waals surface area (Å²) >= 11 is 0. The Morgan fingerprint density at radius 3 is 2.67 bits per heavy atom. The van der Waals surface area contributed by atoms with Gasteiger partial charge in [-0.2, -0.15) is 13.2 Å². The number of hydrogen-bond acceptors (Lipinski definition) is 3. The Morgan fingerprint density at radius 2 is 2.27 bits per heavy atom. The molecule has 0 saturated carbocycles. The number of rotatable bonds is 1. The van der Waals surface area contributed by atoms with Gasteiger partial charge in [-0.1, -0.05) is 0 Å². The predicted molar refractivity (Wildman–Crippen MR) is 46.2 cm³/mol. The van der Waals surface area contributed by atoms with Gasteiger partial charge in [0.2, 0.25) is 0 Å². The number of alkyl halides is 3. The highest BCUT2D eigenvalue weighted by atomic mass is 19.4. The van der Waals surface area contributed by atoms with Crippen LogP contribution in [0.25, 0.3) is 0 Å². The average molecular weight is 220 g/mol. The Hall–Kier alpha value is -1.11. The van der Waals surface area contributed by atoms with Gasteiger partial charge in [-0.05, 0) is 13.0 Å². The minimum absolute atomic E-state index is 0.0139. The molecule has 1 aliphatic heterocycles. The van der Waals surface area contributed by atoms with E-state index in [-0.39, 0.29) is 18.8 Å². The van der Waals surface area contributed by atoms with E-state index in [0.29, 0.717) is 6.54 Å². The van der Waals surface area contributed by atoms with E-state index < -0.39 is 11.6 Å². The highest BCUT2D eigenvalue weighted by Crippen LogP contribution is 2.44. The molecular formula is C8H11F3N4. The third-order valence-corrected chi connectivity index (χ3v) is 2.84. The summed E-state index contributed by atoms with van der Waals surface area (Å²) in [5.41, 5.74) is -1.88. The summed E-state index contributed by atoms with van der Waals surface area (Å²) in [7, 11) is 1.53. The Balaban J connectivity index is 2.49. The van der Waals surface area contributed by atoms with Gasteiger partial charge < -0.3 is 9.88 Å². The molecule has 1 aliphatic rings. The van der Waals surface area contributed by atoms with Crippen LogP contribution in [0.3, 0.4) is 0 Å². The summed E-state index contributed by atoms with van der Waals surface area (Å²) in [6.45, 7) is 0.232. The zero-order chi connectivity index (χ0) is 11.1. The molecule has 1 unspecified atom stereocenters. The SMILES string of the molecule is Cn1cnnc1C1(C(F)(F)F)CCNC1. The maximum absolute atomic E-state index is 13.0. The molecule has 1 saturated heterocycles. The summed E-state index contributed by atoms with van der Waals surface area (Å²) in [6.07, 6.45) is -2.98. The van der Waals surface area contributed by atoms with Crippen LogP contribution in [0.4, 0.5) is 13.2 Å². The van der Waals surface area contributed by atoms with Gasteiger partial charge in [0.05, 0.1) is 0 Å². The molecule has 2 rings (SSSR count). The van der Waals surface area contributed by atoms with E-state index in [1.165, 1.54) is 17.9 Å². The van der Waals surface area contributed by atoms with Gasteiger partial charge in [-0.3, -0.25) is 0 Å². The van der Waals surface area contributed by atoms with Crippen LogP contribution in [0.15, 0.2) is 6.33 Å². The zero-order valence-corrected chi connectivity index (χ0v) is 8.17. The van der Waals surface area contributed by atoms with Crippen molar-refractivity contribution in [2.45, 2.75) is 18.0 Å². The van der Waals surface area contributed by atoms with Gasteiger partial charge in [-0.25, -0.2) is 0 Å². The van der Waals surface area contributed by atoms with E-state index in [0.717, 1.165) is 0 Å². The molecule has 0 spiro atoms. The Labute approximate surface area is 84.5 Å². The third-order valence-electron chi connectivity index (χ3n) is 2.84. The molecule has 1 aromatic heterocycles. The summed E-state index contributed by atoms with van der Waals surface area (Å²) < 4.78 is 40.4. The average Bonchev–Trinajstić information content (AvgIpc) is 2.70. The van der Waals surface area contributed by atoms with Gasteiger partial charge in [0.15, 0.2) is 0 Å². The van der Waals surface area contributed by atoms with E-state index in [4.69, 9.17) is 0 Å². The number of hydrogen-bond donors (Lipinski definition) is 1. The normalized spacial score (nSPS) is 27.2. The number of aryl methyl sites for hydroxylation is 1. The smallest absolute Gasteiger partial charge is 0.320 e. The minimum Gasteiger partial charge on any atom is -0.320 e. The van der Waals surface area contributed by atoms with Crippen LogP contribution in [-0.4, -0.2) is 34.0 Å². The molecule has 0 amide bonds. The van der Waals surface area contributed by atoms with Crippen molar-refractivity contribution in [3.05, 3.63) is 12.2 Å². The zero-order valence-electron chi connectivity index (χ0n) is 8.17. The monoisotopic (exact) mass is 220 g/mol. The van der Waals surface area contributed by atoms with Crippen molar-refractivity contribution >= 4 is 0 Å². The van der Waals surface area contributed by atoms with E-state index in [9.17, 15) is 13.2 Å². The Kier molecular flexibility index (Phi) is 2.22. The fourth-order valence-corrected chi connectivity index (χ4v) is 1.97. The number of aromatic nitrogens is 3. The first-order valence-corrected chi connectivity index (χ1v) is 4.59. The third kappa shape index (κ3) is 1.41. The largest absolute Gasteiger partial charge is 0.402 e. The molecule has 1 N–H and O–H groups in total. The van der Waals surface area contributed by atoms with Gasteiger partial charge in [-0.15, -0.1) is 10.2 Å². The molecular weight excluding hydrogens is 209 g/mol. The second kappa shape index (κ2) is 3.19. The number of halogens is 3. The summed E-state index contributed by atoms with van der Waals surface area (Å²) in [5.74, 6) is -0.0139. The molecule has 1 fully saturated rings. The van der Waals surface area contributed by atoms with Crippen molar-refractivity contribution in [2.75, 3.05) is 13.1 Å². The molecule has 7 heteroatoms. The number of nitrogens with one attached hydrogen (secondary N) is 1. The maximum atomic E-state index is 13.0. The molecule has 2 heterocycles. The number of nitrogens with zero attached hydrogens (tertiary/aromatic N) is 3. The van der Waals surface area contributed by atoms with Crippen molar-refractivity contribution < 1.29 is 13.2 Å². The van der Waals surface area contributed by atoms with Gasteiger partial charge in [0.1, 0.15) is 17.6 Å². The lowest BCUT2D eigenvalue weighted by molar-refractivity contribution is -0.187. The first kappa shape index (κ1) is 10.4. The maximum Gasteiger partial charge on any atom is 0.402 e. The van der Waals surface area contributed by atoms with Crippen LogP contribution < -0.4 is 5.32 Å². The van der Waals surface area contributed by atoms with E-state index in [2.05, 4.69) is 15.5 Å². The molecule has 0 bridgehead atoms. The van der Waals surface area contributed by atoms with Crippen molar-refractivity contribution in [2.24, 2.45) is 7.05 Å². The van der Waals surface area contributed by atoms with Gasteiger partial charge in [0.25, 0.3) is 0 Å². The first-order valence-electron chi connectivity index (χ1n) is 4.59. The minimum atomic E-state index is -4.29. The Bertz CT molecular complexity index is 351. The van der Waals surface area contributed by atoms with Crippen molar-refractivity contribution in [1.29, 1.82) is 0 Å². The molecule has 84 valence electrons. The van der Waals surface area contributed by atoms with Crippen LogP contribution in [0.1, 0.15) is 12.2 Å². The highest BCUT2D eigenvalue weighted by molar-refractivity contribution is 5.16. The summed E-state index contributed by atoms with van der Waals surface area (Å²) in [4.78, 5) is 0. The van der Waals surface area contributed by atoms with Gasteiger partial charge >= 0.3 is 6.18 Å².